The minimum absolute atomic E-state index is 0. The van der Waals surface area contributed by atoms with Crippen LogP contribution < -0.4 is 24.8 Å². The molecule has 0 aromatic heterocycles. The molecule has 0 amide bonds. The van der Waals surface area contributed by atoms with Gasteiger partial charge < -0.3 is 24.8 Å². The number of hydrogen-bond donors (Lipinski definition) is 0. The van der Waals surface area contributed by atoms with Crippen LogP contribution in [0.1, 0.15) is 67.4 Å². The molecule has 1 unspecified atom stereocenters. The molecule has 1 atom stereocenters. The van der Waals surface area contributed by atoms with E-state index < -0.39 is 23.2 Å². The SMILES string of the molecule is CC1=Cc2c(C)ccc(C)c2[CH]1[Zr+2][C]1(C)C(C)=C(C)C(C)=C1C.[Cl-].[Cl-]. The van der Waals surface area contributed by atoms with Gasteiger partial charge in [-0.2, -0.15) is 0 Å². The van der Waals surface area contributed by atoms with E-state index >= 15 is 0 Å². The van der Waals surface area contributed by atoms with Gasteiger partial charge in [-0.25, -0.2) is 0 Å². The minimum Gasteiger partial charge on any atom is -1.00 e. The predicted octanol–water partition coefficient (Wildman–Crippen LogP) is 0.717. The van der Waals surface area contributed by atoms with Crippen molar-refractivity contribution in [1.29, 1.82) is 0 Å². The van der Waals surface area contributed by atoms with E-state index in [0.29, 0.717) is 3.12 Å². The second-order valence-corrected chi connectivity index (χ2v) is 12.2. The maximum atomic E-state index is 2.53. The standard InChI is InChI=1S/C12H13.C10H15.2ClH.Zr/c1-8-6-11-9(2)4-5-10(3)12(11)7-8;1-6-7(2)9(4)10(5)8(6)3;;;/h4-7H,1-3H3;1-5H3;2*1H;/q;;;;+2/p-2. The molecule has 0 heterocycles. The zero-order valence-electron chi connectivity index (χ0n) is 16.6. The molecular weight excluding hydrogens is 426 g/mol. The molecule has 0 fully saturated rings. The number of allylic oxidation sites excluding steroid dienone is 5. The summed E-state index contributed by atoms with van der Waals surface area (Å²) in [5, 5.41) is 0. The van der Waals surface area contributed by atoms with Gasteiger partial charge in [0.25, 0.3) is 0 Å². The topological polar surface area (TPSA) is 0 Å². The summed E-state index contributed by atoms with van der Waals surface area (Å²) in [5.74, 6) is 0. The predicted molar refractivity (Wildman–Crippen MR) is 97.4 cm³/mol. The van der Waals surface area contributed by atoms with E-state index in [1.165, 1.54) is 16.7 Å². The first-order valence-corrected chi connectivity index (χ1v) is 11.3. The number of benzene rings is 1. The summed E-state index contributed by atoms with van der Waals surface area (Å²) in [6.45, 7) is 18.9. The van der Waals surface area contributed by atoms with Crippen LogP contribution in [0.5, 0.6) is 0 Å². The van der Waals surface area contributed by atoms with Gasteiger partial charge in [-0.1, -0.05) is 0 Å². The minimum atomic E-state index is -0.718. The summed E-state index contributed by atoms with van der Waals surface area (Å²) < 4.78 is 1.09. The average molecular weight is 455 g/mol. The monoisotopic (exact) mass is 452 g/mol. The Morgan fingerprint density at radius 2 is 1.28 bits per heavy atom. The fourth-order valence-corrected chi connectivity index (χ4v) is 9.72. The Bertz CT molecular complexity index is 772. The quantitative estimate of drug-likeness (QED) is 0.618. The van der Waals surface area contributed by atoms with Crippen LogP contribution in [0.25, 0.3) is 6.08 Å². The molecule has 0 bridgehead atoms. The summed E-state index contributed by atoms with van der Waals surface area (Å²) in [6.07, 6.45) is 2.47. The van der Waals surface area contributed by atoms with Gasteiger partial charge in [0.05, 0.1) is 0 Å². The number of hydrogen-bond acceptors (Lipinski definition) is 0. The van der Waals surface area contributed by atoms with Crippen molar-refractivity contribution in [3.05, 3.63) is 62.3 Å². The molecule has 0 nitrogen and oxygen atoms in total. The first-order valence-electron chi connectivity index (χ1n) is 8.60. The summed E-state index contributed by atoms with van der Waals surface area (Å²) >= 11 is -0.718. The number of rotatable bonds is 2. The van der Waals surface area contributed by atoms with Crippen LogP contribution in [0.4, 0.5) is 0 Å². The number of halogens is 2. The number of fused-ring (bicyclic) bond motifs is 1. The Morgan fingerprint density at radius 1 is 0.800 bits per heavy atom. The normalized spacial score (nSPS) is 20.6. The van der Waals surface area contributed by atoms with Gasteiger partial charge in [-0.15, -0.1) is 0 Å². The van der Waals surface area contributed by atoms with E-state index in [1.807, 2.05) is 0 Å². The Morgan fingerprint density at radius 3 is 1.80 bits per heavy atom. The Kier molecular flexibility index (Phi) is 7.23. The van der Waals surface area contributed by atoms with Crippen molar-refractivity contribution < 1.29 is 48.0 Å². The van der Waals surface area contributed by atoms with Crippen LogP contribution in [-0.4, -0.2) is 0 Å². The molecule has 1 aromatic rings. The summed E-state index contributed by atoms with van der Waals surface area (Å²) in [5.41, 5.74) is 14.1. The second-order valence-electron chi connectivity index (χ2n) is 7.62. The van der Waals surface area contributed by atoms with E-state index in [2.05, 4.69) is 73.6 Å². The van der Waals surface area contributed by atoms with Crippen LogP contribution in [0, 0.1) is 13.8 Å². The Labute approximate surface area is 177 Å². The van der Waals surface area contributed by atoms with Gasteiger partial charge in [0.1, 0.15) is 0 Å². The molecular formula is C22H28Cl2Zr. The Hall–Kier alpha value is -0.0969. The first-order chi connectivity index (χ1) is 10.7. The zero-order chi connectivity index (χ0) is 17.1. The van der Waals surface area contributed by atoms with Gasteiger partial charge in [-0.3, -0.25) is 0 Å². The molecule has 2 aliphatic rings. The summed E-state index contributed by atoms with van der Waals surface area (Å²) in [4.78, 5) is 0. The molecule has 3 rings (SSSR count). The fourth-order valence-electron chi connectivity index (χ4n) is 4.25. The van der Waals surface area contributed by atoms with Crippen LogP contribution in [0.15, 0.2) is 40.0 Å². The molecule has 0 aliphatic heterocycles. The fraction of sp³-hybridized carbons (Fsp3) is 0.455. The molecule has 3 heteroatoms. The van der Waals surface area contributed by atoms with E-state index in [4.69, 9.17) is 0 Å². The molecule has 134 valence electrons. The maximum Gasteiger partial charge on any atom is -1.00 e. The maximum absolute atomic E-state index is 2.53. The smallest absolute Gasteiger partial charge is 1.00 e. The molecule has 0 radical (unpaired) electrons. The molecule has 25 heavy (non-hydrogen) atoms. The summed E-state index contributed by atoms with van der Waals surface area (Å²) in [6, 6.07) is 4.61. The molecule has 0 spiro atoms. The third-order valence-electron chi connectivity index (χ3n) is 6.46. The van der Waals surface area contributed by atoms with Gasteiger partial charge in [0.15, 0.2) is 0 Å². The third-order valence-corrected chi connectivity index (χ3v) is 12.3. The molecule has 1 aromatic carbocycles. The Balaban J connectivity index is 0.00000156. The van der Waals surface area contributed by atoms with Gasteiger partial charge in [0.2, 0.25) is 0 Å². The summed E-state index contributed by atoms with van der Waals surface area (Å²) in [7, 11) is 0. The van der Waals surface area contributed by atoms with Crippen molar-refractivity contribution >= 4 is 6.08 Å². The second kappa shape index (κ2) is 7.87. The van der Waals surface area contributed by atoms with Crippen LogP contribution >= 0.6 is 0 Å². The van der Waals surface area contributed by atoms with Crippen molar-refractivity contribution in [1.82, 2.24) is 0 Å². The van der Waals surface area contributed by atoms with Crippen LogP contribution in [-0.2, 0) is 23.2 Å². The number of aryl methyl sites for hydroxylation is 2. The van der Waals surface area contributed by atoms with Crippen LogP contribution in [0.2, 0.25) is 3.12 Å². The third kappa shape index (κ3) is 3.42. The van der Waals surface area contributed by atoms with Crippen molar-refractivity contribution in [2.45, 2.75) is 62.1 Å². The van der Waals surface area contributed by atoms with E-state index in [0.717, 1.165) is 3.63 Å². The van der Waals surface area contributed by atoms with Crippen molar-refractivity contribution in [2.24, 2.45) is 0 Å². The average Bonchev–Trinajstić information content (AvgIpc) is 2.91. The van der Waals surface area contributed by atoms with E-state index in [9.17, 15) is 0 Å². The van der Waals surface area contributed by atoms with Crippen molar-refractivity contribution in [2.75, 3.05) is 0 Å². The van der Waals surface area contributed by atoms with E-state index in [1.54, 1.807) is 33.4 Å². The molecule has 0 saturated carbocycles. The first kappa shape index (κ1) is 22.9. The zero-order valence-corrected chi connectivity index (χ0v) is 20.5. The molecule has 2 aliphatic carbocycles. The van der Waals surface area contributed by atoms with E-state index in [-0.39, 0.29) is 24.8 Å². The van der Waals surface area contributed by atoms with Crippen molar-refractivity contribution in [3.8, 4) is 0 Å². The molecule has 0 N–H and O–H groups in total. The van der Waals surface area contributed by atoms with Gasteiger partial charge in [0, 0.05) is 0 Å². The molecule has 0 saturated heterocycles. The van der Waals surface area contributed by atoms with Crippen molar-refractivity contribution in [3.63, 3.8) is 0 Å². The van der Waals surface area contributed by atoms with Gasteiger partial charge >= 0.3 is 154 Å². The van der Waals surface area contributed by atoms with Crippen LogP contribution in [0.3, 0.4) is 0 Å². The largest absolute Gasteiger partial charge is 1.00 e. The van der Waals surface area contributed by atoms with Gasteiger partial charge in [-0.05, 0) is 0 Å².